The summed E-state index contributed by atoms with van der Waals surface area (Å²) >= 11 is 3.55. The number of amides is 1. The van der Waals surface area contributed by atoms with Gasteiger partial charge < -0.3 is 9.47 Å². The van der Waals surface area contributed by atoms with E-state index < -0.39 is 0 Å². The fourth-order valence-corrected chi connectivity index (χ4v) is 3.46. The number of hydrazone groups is 1. The maximum atomic E-state index is 12.2. The number of carbonyl (C=O) groups is 1. The van der Waals surface area contributed by atoms with Crippen LogP contribution in [0.1, 0.15) is 47.6 Å². The minimum absolute atomic E-state index is 0.107. The molecule has 3 aromatic carbocycles. The van der Waals surface area contributed by atoms with Gasteiger partial charge in [-0.05, 0) is 78.4 Å². The summed E-state index contributed by atoms with van der Waals surface area (Å²) in [6, 6.07) is 19.8. The molecule has 0 saturated carbocycles. The van der Waals surface area contributed by atoms with Gasteiger partial charge in [-0.2, -0.15) is 5.10 Å². The summed E-state index contributed by atoms with van der Waals surface area (Å²) in [5.41, 5.74) is 7.81. The molecule has 0 aliphatic heterocycles. The number of hydrogen-bond donors (Lipinski definition) is 1. The Balaban J connectivity index is 1.47. The maximum Gasteiger partial charge on any atom is 0.277 e. The standard InChI is InChI=1S/C27H29BrN2O3/c1-18(2)24-14-25(28)20(4)13-26(24)33-17-27(31)30-29-15-21-9-11-23(12-10-21)32-16-22-7-5-19(3)6-8-22/h5-15,18H,16-17H2,1-4H3,(H,30,31)/b29-15+. The number of rotatable bonds is 9. The van der Waals surface area contributed by atoms with E-state index in [9.17, 15) is 4.79 Å². The van der Waals surface area contributed by atoms with Gasteiger partial charge in [0.05, 0.1) is 6.21 Å². The number of halogens is 1. The number of hydrogen-bond acceptors (Lipinski definition) is 4. The van der Waals surface area contributed by atoms with E-state index in [1.165, 1.54) is 5.56 Å². The molecule has 0 heterocycles. The summed E-state index contributed by atoms with van der Waals surface area (Å²) in [6.45, 7) is 8.64. The molecule has 3 aromatic rings. The van der Waals surface area contributed by atoms with Crippen LogP contribution in [-0.4, -0.2) is 18.7 Å². The van der Waals surface area contributed by atoms with E-state index in [1.54, 1.807) is 6.21 Å². The molecule has 0 aliphatic carbocycles. The summed E-state index contributed by atoms with van der Waals surface area (Å²) in [5.74, 6) is 1.45. The van der Waals surface area contributed by atoms with E-state index >= 15 is 0 Å². The largest absolute Gasteiger partial charge is 0.489 e. The Morgan fingerprint density at radius 3 is 2.39 bits per heavy atom. The molecule has 6 heteroatoms. The molecular weight excluding hydrogens is 480 g/mol. The summed E-state index contributed by atoms with van der Waals surface area (Å²) in [6.07, 6.45) is 1.59. The lowest BCUT2D eigenvalue weighted by Gasteiger charge is -2.15. The SMILES string of the molecule is Cc1ccc(COc2ccc(/C=N/NC(=O)COc3cc(C)c(Br)cc3C(C)C)cc2)cc1. The van der Waals surface area contributed by atoms with Crippen molar-refractivity contribution in [3.05, 3.63) is 93.0 Å². The van der Waals surface area contributed by atoms with E-state index in [4.69, 9.17) is 9.47 Å². The second kappa shape index (κ2) is 11.7. The van der Waals surface area contributed by atoms with Crippen LogP contribution in [0.2, 0.25) is 0 Å². The van der Waals surface area contributed by atoms with E-state index in [0.29, 0.717) is 12.4 Å². The van der Waals surface area contributed by atoms with Gasteiger partial charge in [0, 0.05) is 4.47 Å². The van der Waals surface area contributed by atoms with Crippen LogP contribution < -0.4 is 14.9 Å². The monoisotopic (exact) mass is 508 g/mol. The predicted octanol–water partition coefficient (Wildman–Crippen LogP) is 6.30. The van der Waals surface area contributed by atoms with Gasteiger partial charge in [-0.15, -0.1) is 0 Å². The molecular formula is C27H29BrN2O3. The normalized spacial score (nSPS) is 11.1. The molecule has 0 spiro atoms. The average Bonchev–Trinajstić information content (AvgIpc) is 2.80. The minimum Gasteiger partial charge on any atom is -0.489 e. The van der Waals surface area contributed by atoms with Crippen LogP contribution in [-0.2, 0) is 11.4 Å². The van der Waals surface area contributed by atoms with Crippen molar-refractivity contribution in [1.82, 2.24) is 5.43 Å². The van der Waals surface area contributed by atoms with E-state index in [1.807, 2.05) is 43.3 Å². The lowest BCUT2D eigenvalue weighted by molar-refractivity contribution is -0.123. The summed E-state index contributed by atoms with van der Waals surface area (Å²) < 4.78 is 12.6. The van der Waals surface area contributed by atoms with Crippen LogP contribution in [0.5, 0.6) is 11.5 Å². The topological polar surface area (TPSA) is 59.9 Å². The highest BCUT2D eigenvalue weighted by Gasteiger charge is 2.12. The molecule has 5 nitrogen and oxygen atoms in total. The third-order valence-corrected chi connectivity index (χ3v) is 5.94. The molecule has 33 heavy (non-hydrogen) atoms. The van der Waals surface area contributed by atoms with Crippen LogP contribution in [0.15, 0.2) is 70.2 Å². The lowest BCUT2D eigenvalue weighted by atomic mass is 10.0. The Labute approximate surface area is 204 Å². The van der Waals surface area contributed by atoms with Crippen molar-refractivity contribution in [2.45, 2.75) is 40.2 Å². The van der Waals surface area contributed by atoms with Crippen LogP contribution in [0, 0.1) is 13.8 Å². The van der Waals surface area contributed by atoms with Gasteiger partial charge in [-0.3, -0.25) is 4.79 Å². The Bertz CT molecular complexity index is 1110. The number of aryl methyl sites for hydroxylation is 2. The first-order valence-corrected chi connectivity index (χ1v) is 11.6. The first-order valence-electron chi connectivity index (χ1n) is 10.8. The van der Waals surface area contributed by atoms with E-state index in [2.05, 4.69) is 71.5 Å². The second-order valence-corrected chi connectivity index (χ2v) is 9.07. The lowest BCUT2D eigenvalue weighted by Crippen LogP contribution is -2.25. The van der Waals surface area contributed by atoms with E-state index in [0.717, 1.165) is 32.5 Å². The number of carbonyl (C=O) groups excluding carboxylic acids is 1. The molecule has 0 fully saturated rings. The highest BCUT2D eigenvalue weighted by Crippen LogP contribution is 2.32. The van der Waals surface area contributed by atoms with Crippen molar-refractivity contribution in [3.8, 4) is 11.5 Å². The van der Waals surface area contributed by atoms with Crippen molar-refractivity contribution in [2.24, 2.45) is 5.10 Å². The molecule has 0 saturated heterocycles. The first-order chi connectivity index (χ1) is 15.8. The molecule has 0 radical (unpaired) electrons. The summed E-state index contributed by atoms with van der Waals surface area (Å²) in [5, 5.41) is 4.02. The smallest absolute Gasteiger partial charge is 0.277 e. The van der Waals surface area contributed by atoms with Crippen LogP contribution in [0.3, 0.4) is 0 Å². The van der Waals surface area contributed by atoms with Gasteiger partial charge in [0.15, 0.2) is 6.61 Å². The first kappa shape index (κ1) is 24.5. The second-order valence-electron chi connectivity index (χ2n) is 8.22. The number of ether oxygens (including phenoxy) is 2. The van der Waals surface area contributed by atoms with Crippen molar-refractivity contribution < 1.29 is 14.3 Å². The Morgan fingerprint density at radius 2 is 1.73 bits per heavy atom. The van der Waals surface area contributed by atoms with Crippen LogP contribution in [0.4, 0.5) is 0 Å². The zero-order chi connectivity index (χ0) is 23.8. The van der Waals surface area contributed by atoms with Crippen molar-refractivity contribution >= 4 is 28.1 Å². The molecule has 0 aliphatic rings. The van der Waals surface area contributed by atoms with Crippen molar-refractivity contribution in [3.63, 3.8) is 0 Å². The molecule has 3 rings (SSSR count). The zero-order valence-electron chi connectivity index (χ0n) is 19.4. The maximum absolute atomic E-state index is 12.2. The van der Waals surface area contributed by atoms with Gasteiger partial charge in [0.25, 0.3) is 5.91 Å². The average molecular weight is 509 g/mol. The molecule has 1 N–H and O–H groups in total. The van der Waals surface area contributed by atoms with Gasteiger partial charge in [-0.1, -0.05) is 59.6 Å². The van der Waals surface area contributed by atoms with Gasteiger partial charge in [-0.25, -0.2) is 5.43 Å². The van der Waals surface area contributed by atoms with Crippen LogP contribution in [0.25, 0.3) is 0 Å². The summed E-state index contributed by atoms with van der Waals surface area (Å²) in [7, 11) is 0. The highest BCUT2D eigenvalue weighted by molar-refractivity contribution is 9.10. The van der Waals surface area contributed by atoms with Gasteiger partial charge >= 0.3 is 0 Å². The Morgan fingerprint density at radius 1 is 1.03 bits per heavy atom. The quantitative estimate of drug-likeness (QED) is 0.272. The third kappa shape index (κ3) is 7.46. The molecule has 1 amide bonds. The number of benzene rings is 3. The number of nitrogens with one attached hydrogen (secondary N) is 1. The minimum atomic E-state index is -0.320. The Kier molecular flexibility index (Phi) is 8.66. The molecule has 0 aromatic heterocycles. The number of nitrogens with zero attached hydrogens (tertiary/aromatic N) is 1. The van der Waals surface area contributed by atoms with Crippen LogP contribution >= 0.6 is 15.9 Å². The van der Waals surface area contributed by atoms with Crippen molar-refractivity contribution in [2.75, 3.05) is 6.61 Å². The third-order valence-electron chi connectivity index (χ3n) is 5.08. The predicted molar refractivity (Wildman–Crippen MR) is 136 cm³/mol. The molecule has 172 valence electrons. The van der Waals surface area contributed by atoms with E-state index in [-0.39, 0.29) is 18.4 Å². The van der Waals surface area contributed by atoms with Gasteiger partial charge in [0.2, 0.25) is 0 Å². The summed E-state index contributed by atoms with van der Waals surface area (Å²) in [4.78, 5) is 12.2. The molecule has 0 unspecified atom stereocenters. The fraction of sp³-hybridized carbons (Fsp3) is 0.259. The van der Waals surface area contributed by atoms with Crippen molar-refractivity contribution in [1.29, 1.82) is 0 Å². The molecule has 0 bridgehead atoms. The molecule has 0 atom stereocenters. The zero-order valence-corrected chi connectivity index (χ0v) is 21.0. The fourth-order valence-electron chi connectivity index (χ4n) is 3.10. The highest BCUT2D eigenvalue weighted by atomic mass is 79.9. The van der Waals surface area contributed by atoms with Gasteiger partial charge in [0.1, 0.15) is 18.1 Å². The Hall–Kier alpha value is -3.12.